The molecule has 0 aromatic heterocycles. The van der Waals surface area contributed by atoms with Crippen molar-refractivity contribution in [3.05, 3.63) is 0 Å². The Morgan fingerprint density at radius 1 is 1.19 bits per heavy atom. The fourth-order valence-corrected chi connectivity index (χ4v) is 5.71. The van der Waals surface area contributed by atoms with Gasteiger partial charge in [0.05, 0.1) is 6.10 Å². The standard InChI is InChI=1S/C17H27NO3/c1-10-17(20,2-3-21-10)9-18-16(19)15-13-5-11-4-12(7-13)8-14(15)6-11/h10-15,20H,2-9H2,1H3,(H,18,19). The lowest BCUT2D eigenvalue weighted by molar-refractivity contribution is -0.139. The first kappa shape index (κ1) is 14.0. The molecule has 4 saturated carbocycles. The Kier molecular flexibility index (Phi) is 3.30. The predicted octanol–water partition coefficient (Wildman–Crippen LogP) is 1.71. The molecule has 2 N–H and O–H groups in total. The summed E-state index contributed by atoms with van der Waals surface area (Å²) >= 11 is 0. The number of amides is 1. The van der Waals surface area contributed by atoms with E-state index in [1.54, 1.807) is 0 Å². The number of hydrogen-bond donors (Lipinski definition) is 2. The van der Waals surface area contributed by atoms with Crippen molar-refractivity contribution in [2.24, 2.45) is 29.6 Å². The van der Waals surface area contributed by atoms with Gasteiger partial charge in [-0.2, -0.15) is 0 Å². The number of rotatable bonds is 3. The second kappa shape index (κ2) is 4.95. The molecule has 4 bridgehead atoms. The SMILES string of the molecule is CC1OCCC1(O)CNC(=O)C1C2CC3CC(C2)CC1C3. The van der Waals surface area contributed by atoms with E-state index in [1.165, 1.54) is 32.1 Å². The number of ether oxygens (including phenoxy) is 1. The minimum Gasteiger partial charge on any atom is -0.385 e. The molecule has 2 atom stereocenters. The van der Waals surface area contributed by atoms with E-state index in [1.807, 2.05) is 6.92 Å². The Balaban J connectivity index is 1.39. The smallest absolute Gasteiger partial charge is 0.223 e. The molecule has 1 amide bonds. The topological polar surface area (TPSA) is 58.6 Å². The summed E-state index contributed by atoms with van der Waals surface area (Å²) in [6.07, 6.45) is 6.89. The van der Waals surface area contributed by atoms with E-state index in [0.29, 0.717) is 31.4 Å². The van der Waals surface area contributed by atoms with Crippen molar-refractivity contribution in [2.75, 3.05) is 13.2 Å². The van der Waals surface area contributed by atoms with Crippen molar-refractivity contribution >= 4 is 5.91 Å². The van der Waals surface area contributed by atoms with Gasteiger partial charge in [-0.25, -0.2) is 0 Å². The third-order valence-corrected chi connectivity index (χ3v) is 6.76. The Morgan fingerprint density at radius 2 is 1.81 bits per heavy atom. The lowest BCUT2D eigenvalue weighted by Crippen LogP contribution is -2.54. The normalized spacial score (nSPS) is 51.3. The van der Waals surface area contributed by atoms with Gasteiger partial charge in [0.1, 0.15) is 5.60 Å². The van der Waals surface area contributed by atoms with Crippen LogP contribution in [0.2, 0.25) is 0 Å². The minimum atomic E-state index is -0.873. The highest BCUT2D eigenvalue weighted by Crippen LogP contribution is 2.56. The second-order valence-corrected chi connectivity index (χ2v) is 8.04. The molecule has 4 nitrogen and oxygen atoms in total. The van der Waals surface area contributed by atoms with Gasteiger partial charge in [-0.1, -0.05) is 0 Å². The highest BCUT2D eigenvalue weighted by Gasteiger charge is 2.51. The lowest BCUT2D eigenvalue weighted by Gasteiger charge is -2.53. The van der Waals surface area contributed by atoms with Gasteiger partial charge in [-0.05, 0) is 62.7 Å². The summed E-state index contributed by atoms with van der Waals surface area (Å²) in [7, 11) is 0. The number of carbonyl (C=O) groups excluding carboxylic acids is 1. The second-order valence-electron chi connectivity index (χ2n) is 8.04. The molecule has 118 valence electrons. The van der Waals surface area contributed by atoms with Gasteiger partial charge in [0, 0.05) is 25.5 Å². The molecular formula is C17H27NO3. The number of hydrogen-bond acceptors (Lipinski definition) is 3. The Morgan fingerprint density at radius 3 is 2.33 bits per heavy atom. The van der Waals surface area contributed by atoms with E-state index in [9.17, 15) is 9.90 Å². The van der Waals surface area contributed by atoms with Gasteiger partial charge < -0.3 is 15.2 Å². The summed E-state index contributed by atoms with van der Waals surface area (Å²) in [5.41, 5.74) is -0.873. The minimum absolute atomic E-state index is 0.184. The van der Waals surface area contributed by atoms with Gasteiger partial charge in [-0.15, -0.1) is 0 Å². The molecule has 5 rings (SSSR count). The van der Waals surface area contributed by atoms with Crippen molar-refractivity contribution < 1.29 is 14.6 Å². The maximum Gasteiger partial charge on any atom is 0.223 e. The van der Waals surface area contributed by atoms with E-state index in [-0.39, 0.29) is 17.9 Å². The maximum atomic E-state index is 12.7. The molecule has 4 aliphatic carbocycles. The van der Waals surface area contributed by atoms with Crippen LogP contribution in [0.1, 0.15) is 45.4 Å². The van der Waals surface area contributed by atoms with Gasteiger partial charge in [0.2, 0.25) is 5.91 Å². The van der Waals surface area contributed by atoms with Gasteiger partial charge >= 0.3 is 0 Å². The molecule has 0 aromatic carbocycles. The maximum absolute atomic E-state index is 12.7. The van der Waals surface area contributed by atoms with Crippen LogP contribution in [0.4, 0.5) is 0 Å². The van der Waals surface area contributed by atoms with Crippen molar-refractivity contribution in [1.29, 1.82) is 0 Å². The third-order valence-electron chi connectivity index (χ3n) is 6.76. The highest BCUT2D eigenvalue weighted by molar-refractivity contribution is 5.79. The van der Waals surface area contributed by atoms with Crippen LogP contribution in [0.5, 0.6) is 0 Å². The zero-order valence-corrected chi connectivity index (χ0v) is 12.9. The van der Waals surface area contributed by atoms with E-state index >= 15 is 0 Å². The molecule has 1 heterocycles. The Labute approximate surface area is 126 Å². The summed E-state index contributed by atoms with van der Waals surface area (Å²) in [4.78, 5) is 12.7. The molecule has 2 unspecified atom stereocenters. The third kappa shape index (κ3) is 2.31. The van der Waals surface area contributed by atoms with Crippen LogP contribution in [0.3, 0.4) is 0 Å². The zero-order valence-electron chi connectivity index (χ0n) is 12.9. The van der Waals surface area contributed by atoms with Gasteiger partial charge in [0.25, 0.3) is 0 Å². The van der Waals surface area contributed by atoms with Crippen LogP contribution in [-0.2, 0) is 9.53 Å². The quantitative estimate of drug-likeness (QED) is 0.833. The zero-order chi connectivity index (χ0) is 14.6. The van der Waals surface area contributed by atoms with E-state index in [4.69, 9.17) is 4.74 Å². The molecule has 0 aromatic rings. The lowest BCUT2D eigenvalue weighted by atomic mass is 9.51. The van der Waals surface area contributed by atoms with E-state index in [0.717, 1.165) is 11.8 Å². The van der Waals surface area contributed by atoms with E-state index in [2.05, 4.69) is 5.32 Å². The van der Waals surface area contributed by atoms with Crippen LogP contribution in [0.15, 0.2) is 0 Å². The summed E-state index contributed by atoms with van der Waals surface area (Å²) in [6.45, 7) is 2.82. The number of aliphatic hydroxyl groups is 1. The van der Waals surface area contributed by atoms with Crippen molar-refractivity contribution in [2.45, 2.75) is 57.2 Å². The van der Waals surface area contributed by atoms with Crippen LogP contribution < -0.4 is 5.32 Å². The van der Waals surface area contributed by atoms with E-state index < -0.39 is 5.60 Å². The van der Waals surface area contributed by atoms with Gasteiger partial charge in [0.15, 0.2) is 0 Å². The summed E-state index contributed by atoms with van der Waals surface area (Å²) in [5, 5.41) is 13.6. The molecule has 21 heavy (non-hydrogen) atoms. The molecule has 5 aliphatic rings. The summed E-state index contributed by atoms with van der Waals surface area (Å²) in [5.74, 6) is 3.39. The van der Waals surface area contributed by atoms with Crippen LogP contribution >= 0.6 is 0 Å². The average Bonchev–Trinajstić information content (AvgIpc) is 2.76. The summed E-state index contributed by atoms with van der Waals surface area (Å²) < 4.78 is 5.44. The number of nitrogens with one attached hydrogen (secondary N) is 1. The fourth-order valence-electron chi connectivity index (χ4n) is 5.71. The fraction of sp³-hybridized carbons (Fsp3) is 0.941. The molecule has 5 fully saturated rings. The average molecular weight is 293 g/mol. The first-order chi connectivity index (χ1) is 10.0. The first-order valence-electron chi connectivity index (χ1n) is 8.67. The molecule has 0 spiro atoms. The van der Waals surface area contributed by atoms with Crippen LogP contribution in [0, 0.1) is 29.6 Å². The number of carbonyl (C=O) groups is 1. The molecular weight excluding hydrogens is 266 g/mol. The van der Waals surface area contributed by atoms with Crippen molar-refractivity contribution in [1.82, 2.24) is 5.32 Å². The molecule has 1 saturated heterocycles. The molecule has 0 radical (unpaired) electrons. The Hall–Kier alpha value is -0.610. The van der Waals surface area contributed by atoms with Crippen molar-refractivity contribution in [3.63, 3.8) is 0 Å². The monoisotopic (exact) mass is 293 g/mol. The highest BCUT2D eigenvalue weighted by atomic mass is 16.5. The van der Waals surface area contributed by atoms with Crippen LogP contribution in [-0.4, -0.2) is 35.9 Å². The summed E-state index contributed by atoms with van der Waals surface area (Å²) in [6, 6.07) is 0. The van der Waals surface area contributed by atoms with Crippen LogP contribution in [0.25, 0.3) is 0 Å². The Bertz CT molecular complexity index is 410. The first-order valence-corrected chi connectivity index (χ1v) is 8.67. The largest absolute Gasteiger partial charge is 0.385 e. The molecule has 1 aliphatic heterocycles. The molecule has 4 heteroatoms. The van der Waals surface area contributed by atoms with Crippen molar-refractivity contribution in [3.8, 4) is 0 Å². The predicted molar refractivity (Wildman–Crippen MR) is 78.5 cm³/mol. The van der Waals surface area contributed by atoms with Gasteiger partial charge in [-0.3, -0.25) is 4.79 Å².